The van der Waals surface area contributed by atoms with E-state index in [1.54, 1.807) is 11.8 Å². The Morgan fingerprint density at radius 1 is 1.39 bits per heavy atom. The van der Waals surface area contributed by atoms with Crippen LogP contribution >= 0.6 is 23.4 Å². The molecule has 0 saturated carbocycles. The summed E-state index contributed by atoms with van der Waals surface area (Å²) >= 11 is 7.71. The molecule has 0 aliphatic carbocycles. The van der Waals surface area contributed by atoms with E-state index in [1.165, 1.54) is 6.33 Å². The Labute approximate surface area is 116 Å². The summed E-state index contributed by atoms with van der Waals surface area (Å²) < 4.78 is 1.85. The Kier molecular flexibility index (Phi) is 4.24. The molecule has 0 amide bonds. The minimum atomic E-state index is 0.549. The van der Waals surface area contributed by atoms with Crippen molar-refractivity contribution >= 4 is 23.4 Å². The van der Waals surface area contributed by atoms with E-state index in [9.17, 15) is 0 Å². The number of hydrogen-bond donors (Lipinski definition) is 0. The lowest BCUT2D eigenvalue weighted by atomic mass is 10.2. The van der Waals surface area contributed by atoms with Gasteiger partial charge in [-0.3, -0.25) is 4.68 Å². The highest BCUT2D eigenvalue weighted by Crippen LogP contribution is 2.31. The summed E-state index contributed by atoms with van der Waals surface area (Å²) in [6, 6.07) is 2.04. The van der Waals surface area contributed by atoms with Crippen LogP contribution in [0.5, 0.6) is 0 Å². The largest absolute Gasteiger partial charge is 0.261 e. The van der Waals surface area contributed by atoms with Gasteiger partial charge >= 0.3 is 0 Å². The van der Waals surface area contributed by atoms with Crippen molar-refractivity contribution in [3.63, 3.8) is 0 Å². The molecule has 2 aromatic heterocycles. The third-order valence-electron chi connectivity index (χ3n) is 2.51. The first-order valence-corrected chi connectivity index (χ1v) is 6.99. The average Bonchev–Trinajstić information content (AvgIpc) is 2.62. The molecule has 96 valence electrons. The van der Waals surface area contributed by atoms with Crippen LogP contribution in [-0.4, -0.2) is 19.7 Å². The normalized spacial score (nSPS) is 10.9. The van der Waals surface area contributed by atoms with E-state index in [2.05, 4.69) is 22.0 Å². The first-order chi connectivity index (χ1) is 8.61. The van der Waals surface area contributed by atoms with Gasteiger partial charge in [-0.2, -0.15) is 5.10 Å². The van der Waals surface area contributed by atoms with Crippen molar-refractivity contribution in [3.05, 3.63) is 28.8 Å². The predicted octanol–water partition coefficient (Wildman–Crippen LogP) is 3.28. The molecule has 0 bridgehead atoms. The maximum absolute atomic E-state index is 6.13. The molecule has 0 aliphatic rings. The SMILES string of the molecule is CCCc1c(Cl)ncnc1Sc1cc(C)nn1C. The van der Waals surface area contributed by atoms with Gasteiger partial charge in [-0.15, -0.1) is 0 Å². The molecule has 0 N–H and O–H groups in total. The van der Waals surface area contributed by atoms with E-state index < -0.39 is 0 Å². The lowest BCUT2D eigenvalue weighted by molar-refractivity contribution is 0.691. The molecule has 0 aromatic carbocycles. The third kappa shape index (κ3) is 2.84. The van der Waals surface area contributed by atoms with Gasteiger partial charge in [0.1, 0.15) is 21.5 Å². The minimum Gasteiger partial charge on any atom is -0.261 e. The summed E-state index contributed by atoms with van der Waals surface area (Å²) in [5.74, 6) is 0. The van der Waals surface area contributed by atoms with Crippen LogP contribution in [0.3, 0.4) is 0 Å². The summed E-state index contributed by atoms with van der Waals surface area (Å²) in [7, 11) is 1.93. The molecule has 0 saturated heterocycles. The van der Waals surface area contributed by atoms with E-state index in [4.69, 9.17) is 11.6 Å². The molecule has 2 rings (SSSR count). The smallest absolute Gasteiger partial charge is 0.136 e. The van der Waals surface area contributed by atoms with Gasteiger partial charge in [0, 0.05) is 12.6 Å². The van der Waals surface area contributed by atoms with Gasteiger partial charge in [0.05, 0.1) is 5.69 Å². The minimum absolute atomic E-state index is 0.549. The highest BCUT2D eigenvalue weighted by atomic mass is 35.5. The van der Waals surface area contributed by atoms with Gasteiger partial charge in [0.15, 0.2) is 0 Å². The molecule has 0 radical (unpaired) electrons. The van der Waals surface area contributed by atoms with Crippen molar-refractivity contribution in [3.8, 4) is 0 Å². The molecule has 2 heterocycles. The summed E-state index contributed by atoms with van der Waals surface area (Å²) in [6.45, 7) is 4.09. The number of rotatable bonds is 4. The van der Waals surface area contributed by atoms with Crippen molar-refractivity contribution in [2.75, 3.05) is 0 Å². The standard InChI is InChI=1S/C12H15ClN4S/c1-4-5-9-11(13)14-7-15-12(9)18-10-6-8(2)16-17(10)3/h6-7H,4-5H2,1-3H3. The maximum atomic E-state index is 6.13. The number of hydrogen-bond acceptors (Lipinski definition) is 4. The topological polar surface area (TPSA) is 43.6 Å². The second-order valence-corrected chi connectivity index (χ2v) is 5.41. The Morgan fingerprint density at radius 2 is 2.17 bits per heavy atom. The van der Waals surface area contributed by atoms with Gasteiger partial charge in [0.2, 0.25) is 0 Å². The average molecular weight is 283 g/mol. The fraction of sp³-hybridized carbons (Fsp3) is 0.417. The van der Waals surface area contributed by atoms with Crippen molar-refractivity contribution in [2.24, 2.45) is 7.05 Å². The van der Waals surface area contributed by atoms with Gasteiger partial charge in [-0.1, -0.05) is 24.9 Å². The number of halogens is 1. The lowest BCUT2D eigenvalue weighted by Crippen LogP contribution is -1.97. The van der Waals surface area contributed by atoms with Crippen LogP contribution in [0.15, 0.2) is 22.4 Å². The monoisotopic (exact) mass is 282 g/mol. The highest BCUT2D eigenvalue weighted by Gasteiger charge is 2.12. The second kappa shape index (κ2) is 5.71. The van der Waals surface area contributed by atoms with E-state index in [-0.39, 0.29) is 0 Å². The molecule has 2 aromatic rings. The third-order valence-corrected chi connectivity index (χ3v) is 3.98. The molecule has 0 aliphatic heterocycles. The highest BCUT2D eigenvalue weighted by molar-refractivity contribution is 7.99. The van der Waals surface area contributed by atoms with E-state index >= 15 is 0 Å². The fourth-order valence-corrected chi connectivity index (χ4v) is 3.01. The van der Waals surface area contributed by atoms with Crippen LogP contribution in [0.4, 0.5) is 0 Å². The van der Waals surface area contributed by atoms with Gasteiger partial charge in [0.25, 0.3) is 0 Å². The van der Waals surface area contributed by atoms with Crippen molar-refractivity contribution in [2.45, 2.75) is 36.7 Å². The van der Waals surface area contributed by atoms with Crippen molar-refractivity contribution in [1.82, 2.24) is 19.7 Å². The van der Waals surface area contributed by atoms with Crippen LogP contribution < -0.4 is 0 Å². The molecular formula is C12H15ClN4S. The Bertz CT molecular complexity index is 553. The first-order valence-electron chi connectivity index (χ1n) is 5.79. The Hall–Kier alpha value is -1.07. The molecular weight excluding hydrogens is 268 g/mol. The fourth-order valence-electron chi connectivity index (χ4n) is 1.71. The first kappa shape index (κ1) is 13.4. The predicted molar refractivity (Wildman–Crippen MR) is 73.1 cm³/mol. The van der Waals surface area contributed by atoms with Gasteiger partial charge in [-0.05, 0) is 31.2 Å². The molecule has 0 atom stereocenters. The van der Waals surface area contributed by atoms with Crippen LogP contribution in [0, 0.1) is 6.92 Å². The quantitative estimate of drug-likeness (QED) is 0.807. The zero-order valence-corrected chi connectivity index (χ0v) is 12.2. The summed E-state index contributed by atoms with van der Waals surface area (Å²) in [4.78, 5) is 8.38. The van der Waals surface area contributed by atoms with E-state index in [1.807, 2.05) is 24.7 Å². The van der Waals surface area contributed by atoms with Crippen LogP contribution in [0.1, 0.15) is 24.6 Å². The zero-order chi connectivity index (χ0) is 13.1. The van der Waals surface area contributed by atoms with Crippen LogP contribution in [0.2, 0.25) is 5.15 Å². The summed E-state index contributed by atoms with van der Waals surface area (Å²) in [6.07, 6.45) is 3.41. The molecule has 4 nitrogen and oxygen atoms in total. The van der Waals surface area contributed by atoms with Gasteiger partial charge < -0.3 is 0 Å². The Balaban J connectivity index is 2.34. The second-order valence-electron chi connectivity index (χ2n) is 4.05. The van der Waals surface area contributed by atoms with Crippen molar-refractivity contribution < 1.29 is 0 Å². The van der Waals surface area contributed by atoms with Crippen molar-refractivity contribution in [1.29, 1.82) is 0 Å². The Morgan fingerprint density at radius 3 is 2.78 bits per heavy atom. The number of aromatic nitrogens is 4. The van der Waals surface area contributed by atoms with E-state index in [0.717, 1.165) is 34.2 Å². The summed E-state index contributed by atoms with van der Waals surface area (Å²) in [5.41, 5.74) is 2.02. The molecule has 18 heavy (non-hydrogen) atoms. The van der Waals surface area contributed by atoms with Crippen LogP contribution in [0.25, 0.3) is 0 Å². The molecule has 0 unspecified atom stereocenters. The number of nitrogens with zero attached hydrogens (tertiary/aromatic N) is 4. The number of aryl methyl sites for hydroxylation is 2. The maximum Gasteiger partial charge on any atom is 0.136 e. The molecule has 0 spiro atoms. The molecule has 0 fully saturated rings. The zero-order valence-electron chi connectivity index (χ0n) is 10.6. The molecule has 6 heteroatoms. The van der Waals surface area contributed by atoms with E-state index in [0.29, 0.717) is 5.15 Å². The van der Waals surface area contributed by atoms with Gasteiger partial charge in [-0.25, -0.2) is 9.97 Å². The summed E-state index contributed by atoms with van der Waals surface area (Å²) in [5, 5.41) is 6.85. The van der Waals surface area contributed by atoms with Crippen LogP contribution in [-0.2, 0) is 13.5 Å². The lowest BCUT2D eigenvalue weighted by Gasteiger charge is -2.08.